The zero-order valence-electron chi connectivity index (χ0n) is 11.8. The van der Waals surface area contributed by atoms with Crippen LogP contribution in [0.15, 0.2) is 53.4 Å². The number of thioether (sulfide) groups is 1. The molecule has 104 valence electrons. The highest BCUT2D eigenvalue weighted by Crippen LogP contribution is 2.17. The quantitative estimate of drug-likeness (QED) is 0.836. The Morgan fingerprint density at radius 2 is 1.60 bits per heavy atom. The van der Waals surface area contributed by atoms with Crippen molar-refractivity contribution in [1.29, 1.82) is 0 Å². The number of benzene rings is 2. The first-order chi connectivity index (χ1) is 9.71. The fraction of sp³-hybridized carbons (Fsp3) is 0.235. The highest BCUT2D eigenvalue weighted by molar-refractivity contribution is 7.98. The van der Waals surface area contributed by atoms with Crippen LogP contribution in [0.2, 0.25) is 0 Å². The van der Waals surface area contributed by atoms with Crippen LogP contribution in [0, 0.1) is 0 Å². The molecule has 2 aromatic carbocycles. The van der Waals surface area contributed by atoms with E-state index in [1.165, 1.54) is 10.5 Å². The van der Waals surface area contributed by atoms with Gasteiger partial charge >= 0.3 is 0 Å². The van der Waals surface area contributed by atoms with Crippen molar-refractivity contribution in [3.8, 4) is 0 Å². The van der Waals surface area contributed by atoms with Crippen molar-refractivity contribution in [2.24, 2.45) is 0 Å². The minimum atomic E-state index is 0.0196. The number of amides is 1. The van der Waals surface area contributed by atoms with E-state index in [9.17, 15) is 4.79 Å². The average molecular weight is 285 g/mol. The molecule has 0 fully saturated rings. The Morgan fingerprint density at radius 1 is 1.00 bits per heavy atom. The van der Waals surface area contributed by atoms with Gasteiger partial charge in [-0.2, -0.15) is 0 Å². The predicted molar refractivity (Wildman–Crippen MR) is 86.4 cm³/mol. The molecule has 0 spiro atoms. The molecule has 2 rings (SSSR count). The summed E-state index contributed by atoms with van der Waals surface area (Å²) in [6.45, 7) is 2.12. The Balaban J connectivity index is 1.93. The summed E-state index contributed by atoms with van der Waals surface area (Å²) in [5, 5.41) is 2.92. The Morgan fingerprint density at radius 3 is 2.15 bits per heavy atom. The number of carbonyl (C=O) groups excluding carboxylic acids is 1. The molecule has 2 nitrogen and oxygen atoms in total. The molecule has 1 amide bonds. The van der Waals surface area contributed by atoms with E-state index in [1.807, 2.05) is 42.7 Å². The normalized spacial score (nSPS) is 10.3. The second-order valence-corrected chi connectivity index (χ2v) is 5.50. The van der Waals surface area contributed by atoms with E-state index < -0.39 is 0 Å². The monoisotopic (exact) mass is 285 g/mol. The SMILES string of the molecule is CCc1ccc(CC(=O)Nc2ccc(SC)cc2)cc1. The fourth-order valence-electron chi connectivity index (χ4n) is 1.96. The van der Waals surface area contributed by atoms with Gasteiger partial charge in [0.1, 0.15) is 0 Å². The van der Waals surface area contributed by atoms with Crippen molar-refractivity contribution >= 4 is 23.4 Å². The second kappa shape index (κ2) is 7.15. The van der Waals surface area contributed by atoms with E-state index >= 15 is 0 Å². The molecule has 20 heavy (non-hydrogen) atoms. The van der Waals surface area contributed by atoms with Gasteiger partial charge in [0, 0.05) is 10.6 Å². The molecular formula is C17H19NOS. The molecule has 0 unspecified atom stereocenters. The van der Waals surface area contributed by atoms with Gasteiger partial charge in [0.25, 0.3) is 0 Å². The third kappa shape index (κ3) is 4.14. The summed E-state index contributed by atoms with van der Waals surface area (Å²) in [4.78, 5) is 13.2. The number of aryl methyl sites for hydroxylation is 1. The molecule has 0 saturated carbocycles. The molecular weight excluding hydrogens is 266 g/mol. The molecule has 0 aromatic heterocycles. The van der Waals surface area contributed by atoms with Crippen molar-refractivity contribution in [3.63, 3.8) is 0 Å². The molecule has 0 aliphatic rings. The largest absolute Gasteiger partial charge is 0.326 e. The van der Waals surface area contributed by atoms with Crippen LogP contribution in [-0.2, 0) is 17.6 Å². The standard InChI is InChI=1S/C17H19NOS/c1-3-13-4-6-14(7-5-13)12-17(19)18-15-8-10-16(20-2)11-9-15/h4-11H,3,12H2,1-2H3,(H,18,19). The number of hydrogen-bond acceptors (Lipinski definition) is 2. The molecule has 0 radical (unpaired) electrons. The van der Waals surface area contributed by atoms with Crippen LogP contribution >= 0.6 is 11.8 Å². The fourth-order valence-corrected chi connectivity index (χ4v) is 2.37. The van der Waals surface area contributed by atoms with E-state index in [-0.39, 0.29) is 5.91 Å². The van der Waals surface area contributed by atoms with Gasteiger partial charge in [-0.25, -0.2) is 0 Å². The Labute approximate surface area is 124 Å². The minimum Gasteiger partial charge on any atom is -0.326 e. The Hall–Kier alpha value is -1.74. The highest BCUT2D eigenvalue weighted by atomic mass is 32.2. The number of anilines is 1. The number of nitrogens with one attached hydrogen (secondary N) is 1. The topological polar surface area (TPSA) is 29.1 Å². The first-order valence-electron chi connectivity index (χ1n) is 6.73. The zero-order valence-corrected chi connectivity index (χ0v) is 12.7. The molecule has 0 saturated heterocycles. The summed E-state index contributed by atoms with van der Waals surface area (Å²) in [7, 11) is 0. The maximum absolute atomic E-state index is 12.0. The van der Waals surface area contributed by atoms with E-state index in [1.54, 1.807) is 11.8 Å². The van der Waals surface area contributed by atoms with Gasteiger partial charge in [0.05, 0.1) is 6.42 Å². The Kier molecular flexibility index (Phi) is 5.24. The third-order valence-corrected chi connectivity index (χ3v) is 3.91. The van der Waals surface area contributed by atoms with Crippen molar-refractivity contribution < 1.29 is 4.79 Å². The van der Waals surface area contributed by atoms with E-state index in [0.29, 0.717) is 6.42 Å². The highest BCUT2D eigenvalue weighted by Gasteiger charge is 2.04. The molecule has 0 aliphatic heterocycles. The van der Waals surface area contributed by atoms with Crippen molar-refractivity contribution in [2.45, 2.75) is 24.7 Å². The minimum absolute atomic E-state index is 0.0196. The van der Waals surface area contributed by atoms with Crippen molar-refractivity contribution in [2.75, 3.05) is 11.6 Å². The van der Waals surface area contributed by atoms with Gasteiger partial charge in [0.2, 0.25) is 5.91 Å². The van der Waals surface area contributed by atoms with Crippen LogP contribution in [0.3, 0.4) is 0 Å². The smallest absolute Gasteiger partial charge is 0.228 e. The lowest BCUT2D eigenvalue weighted by atomic mass is 10.1. The van der Waals surface area contributed by atoms with Gasteiger partial charge in [-0.15, -0.1) is 11.8 Å². The molecule has 0 atom stereocenters. The zero-order chi connectivity index (χ0) is 14.4. The lowest BCUT2D eigenvalue weighted by molar-refractivity contribution is -0.115. The van der Waals surface area contributed by atoms with Crippen molar-refractivity contribution in [3.05, 3.63) is 59.7 Å². The summed E-state index contributed by atoms with van der Waals surface area (Å²) in [5.41, 5.74) is 3.18. The van der Waals surface area contributed by atoms with Crippen LogP contribution in [0.4, 0.5) is 5.69 Å². The van der Waals surface area contributed by atoms with Gasteiger partial charge in [0.15, 0.2) is 0 Å². The predicted octanol–water partition coefficient (Wildman–Crippen LogP) is 4.15. The number of rotatable bonds is 5. The van der Waals surface area contributed by atoms with E-state index in [0.717, 1.165) is 17.7 Å². The van der Waals surface area contributed by atoms with Gasteiger partial charge < -0.3 is 5.32 Å². The first kappa shape index (κ1) is 14.7. The molecule has 0 bridgehead atoms. The Bertz CT molecular complexity index is 509. The summed E-state index contributed by atoms with van der Waals surface area (Å²) >= 11 is 1.69. The summed E-state index contributed by atoms with van der Waals surface area (Å²) < 4.78 is 0. The first-order valence-corrected chi connectivity index (χ1v) is 7.95. The summed E-state index contributed by atoms with van der Waals surface area (Å²) in [6, 6.07) is 16.1. The van der Waals surface area contributed by atoms with Gasteiger partial charge in [-0.05, 0) is 48.1 Å². The number of carbonyl (C=O) groups is 1. The molecule has 0 aliphatic carbocycles. The van der Waals surface area contributed by atoms with Gasteiger partial charge in [-0.1, -0.05) is 31.2 Å². The van der Waals surface area contributed by atoms with E-state index in [2.05, 4.69) is 24.4 Å². The van der Waals surface area contributed by atoms with Crippen LogP contribution < -0.4 is 5.32 Å². The van der Waals surface area contributed by atoms with Gasteiger partial charge in [-0.3, -0.25) is 4.79 Å². The third-order valence-electron chi connectivity index (χ3n) is 3.17. The summed E-state index contributed by atoms with van der Waals surface area (Å²) in [5.74, 6) is 0.0196. The lowest BCUT2D eigenvalue weighted by Crippen LogP contribution is -2.14. The summed E-state index contributed by atoms with van der Waals surface area (Å²) in [6.07, 6.45) is 3.47. The van der Waals surface area contributed by atoms with Crippen LogP contribution in [0.1, 0.15) is 18.1 Å². The molecule has 1 N–H and O–H groups in total. The van der Waals surface area contributed by atoms with Crippen molar-refractivity contribution in [1.82, 2.24) is 0 Å². The van der Waals surface area contributed by atoms with Crippen LogP contribution in [0.25, 0.3) is 0 Å². The lowest BCUT2D eigenvalue weighted by Gasteiger charge is -2.06. The van der Waals surface area contributed by atoms with Crippen LogP contribution in [-0.4, -0.2) is 12.2 Å². The second-order valence-electron chi connectivity index (χ2n) is 4.62. The molecule has 3 heteroatoms. The number of hydrogen-bond donors (Lipinski definition) is 1. The molecule has 2 aromatic rings. The maximum atomic E-state index is 12.0. The maximum Gasteiger partial charge on any atom is 0.228 e. The van der Waals surface area contributed by atoms with E-state index in [4.69, 9.17) is 0 Å². The molecule has 0 heterocycles. The van der Waals surface area contributed by atoms with Crippen LogP contribution in [0.5, 0.6) is 0 Å². The average Bonchev–Trinajstić information content (AvgIpc) is 2.49.